The van der Waals surface area contributed by atoms with Gasteiger partial charge in [-0.1, -0.05) is 48.0 Å². The summed E-state index contributed by atoms with van der Waals surface area (Å²) < 4.78 is 0. The average molecular weight is 326 g/mol. The summed E-state index contributed by atoms with van der Waals surface area (Å²) in [6.45, 7) is 1.89. The number of benzene rings is 2. The van der Waals surface area contributed by atoms with Gasteiger partial charge < -0.3 is 10.4 Å². The van der Waals surface area contributed by atoms with E-state index in [-0.39, 0.29) is 0 Å². The van der Waals surface area contributed by atoms with Gasteiger partial charge >= 0.3 is 12.0 Å². The molecule has 0 aliphatic carbocycles. The fourth-order valence-corrected chi connectivity index (χ4v) is 2.14. The first kappa shape index (κ1) is 17.2. The summed E-state index contributed by atoms with van der Waals surface area (Å²) in [5.74, 6) is -1.71. The van der Waals surface area contributed by atoms with Gasteiger partial charge in [0.15, 0.2) is 6.04 Å². The minimum absolute atomic E-state index is 0.352. The quantitative estimate of drug-likeness (QED) is 0.904. The molecule has 0 saturated carbocycles. The van der Waals surface area contributed by atoms with Crippen molar-refractivity contribution < 1.29 is 19.5 Å². The molecule has 2 rings (SSSR count). The maximum absolute atomic E-state index is 12.3. The molecule has 0 radical (unpaired) electrons. The number of nitrogens with zero attached hydrogens (tertiary/aromatic N) is 1. The molecular formula is C18H18N2O4. The van der Waals surface area contributed by atoms with Gasteiger partial charge in [-0.25, -0.2) is 9.59 Å². The molecule has 0 saturated heterocycles. The number of hydrogen-bond donors (Lipinski definition) is 2. The van der Waals surface area contributed by atoms with Crippen LogP contribution in [0.15, 0.2) is 54.6 Å². The molecule has 24 heavy (non-hydrogen) atoms. The maximum atomic E-state index is 12.3. The van der Waals surface area contributed by atoms with Crippen LogP contribution >= 0.6 is 0 Å². The first-order valence-electron chi connectivity index (χ1n) is 7.33. The summed E-state index contributed by atoms with van der Waals surface area (Å²) >= 11 is 0. The largest absolute Gasteiger partial charge is 0.479 e. The monoisotopic (exact) mass is 326 g/mol. The SMILES string of the molecule is Cc1ccc(C(=O)N(C)C(=O)N[C@@H](C(=O)O)c2ccccc2)cc1. The van der Waals surface area contributed by atoms with Crippen molar-refractivity contribution >= 4 is 17.9 Å². The summed E-state index contributed by atoms with van der Waals surface area (Å²) in [7, 11) is 1.31. The Kier molecular flexibility index (Phi) is 5.31. The lowest BCUT2D eigenvalue weighted by atomic mass is 10.1. The minimum Gasteiger partial charge on any atom is -0.479 e. The third kappa shape index (κ3) is 3.98. The van der Waals surface area contributed by atoms with Gasteiger partial charge in [0.2, 0.25) is 0 Å². The third-order valence-corrected chi connectivity index (χ3v) is 3.56. The van der Waals surface area contributed by atoms with Gasteiger partial charge in [-0.05, 0) is 24.6 Å². The number of carbonyl (C=O) groups excluding carboxylic acids is 2. The van der Waals surface area contributed by atoms with E-state index >= 15 is 0 Å². The first-order valence-corrected chi connectivity index (χ1v) is 7.33. The van der Waals surface area contributed by atoms with E-state index in [0.717, 1.165) is 10.5 Å². The third-order valence-electron chi connectivity index (χ3n) is 3.56. The molecule has 0 unspecified atom stereocenters. The van der Waals surface area contributed by atoms with Crippen LogP contribution in [0, 0.1) is 6.92 Å². The number of aryl methyl sites for hydroxylation is 1. The van der Waals surface area contributed by atoms with Crippen molar-refractivity contribution in [2.75, 3.05) is 7.05 Å². The van der Waals surface area contributed by atoms with Crippen LogP contribution in [0.2, 0.25) is 0 Å². The van der Waals surface area contributed by atoms with Gasteiger partial charge in [0.1, 0.15) is 0 Å². The molecule has 0 aliphatic heterocycles. The van der Waals surface area contributed by atoms with E-state index in [2.05, 4.69) is 5.32 Å². The lowest BCUT2D eigenvalue weighted by Gasteiger charge is -2.20. The predicted octanol–water partition coefficient (Wildman–Crippen LogP) is 2.60. The van der Waals surface area contributed by atoms with E-state index in [4.69, 9.17) is 0 Å². The van der Waals surface area contributed by atoms with Gasteiger partial charge in [0.25, 0.3) is 5.91 Å². The molecule has 2 aromatic rings. The molecule has 0 aliphatic rings. The van der Waals surface area contributed by atoms with Crippen molar-refractivity contribution in [3.05, 3.63) is 71.3 Å². The number of imide groups is 1. The lowest BCUT2D eigenvalue weighted by molar-refractivity contribution is -0.139. The number of urea groups is 1. The Labute approximate surface area is 139 Å². The van der Waals surface area contributed by atoms with Gasteiger partial charge in [-0.15, -0.1) is 0 Å². The molecular weight excluding hydrogens is 308 g/mol. The Morgan fingerprint density at radius 1 is 1.00 bits per heavy atom. The van der Waals surface area contributed by atoms with Crippen molar-refractivity contribution in [3.8, 4) is 0 Å². The van der Waals surface area contributed by atoms with Crippen molar-refractivity contribution in [2.24, 2.45) is 0 Å². The molecule has 0 bridgehead atoms. The highest BCUT2D eigenvalue weighted by Gasteiger charge is 2.26. The van der Waals surface area contributed by atoms with Crippen LogP contribution in [-0.4, -0.2) is 35.0 Å². The zero-order valence-corrected chi connectivity index (χ0v) is 13.4. The van der Waals surface area contributed by atoms with Crippen LogP contribution < -0.4 is 5.32 Å². The normalized spacial score (nSPS) is 11.4. The van der Waals surface area contributed by atoms with Crippen molar-refractivity contribution in [2.45, 2.75) is 13.0 Å². The molecule has 0 heterocycles. The predicted molar refractivity (Wildman–Crippen MR) is 88.6 cm³/mol. The Morgan fingerprint density at radius 3 is 2.12 bits per heavy atom. The second kappa shape index (κ2) is 7.41. The van der Waals surface area contributed by atoms with Crippen LogP contribution in [0.1, 0.15) is 27.5 Å². The standard InChI is InChI=1S/C18H18N2O4/c1-12-8-10-14(11-9-12)16(21)20(2)18(24)19-15(17(22)23)13-6-4-3-5-7-13/h3-11,15H,1-2H3,(H,19,24)(H,22,23)/t15-/m1/s1. The summed E-state index contributed by atoms with van der Waals surface area (Å²) in [6, 6.07) is 13.1. The fraction of sp³-hybridized carbons (Fsp3) is 0.167. The second-order valence-corrected chi connectivity index (χ2v) is 5.36. The van der Waals surface area contributed by atoms with Gasteiger partial charge in [0, 0.05) is 12.6 Å². The van der Waals surface area contributed by atoms with Gasteiger partial charge in [-0.2, -0.15) is 0 Å². The average Bonchev–Trinajstić information content (AvgIpc) is 2.59. The van der Waals surface area contributed by atoms with Crippen LogP contribution in [-0.2, 0) is 4.79 Å². The van der Waals surface area contributed by atoms with Crippen LogP contribution in [0.5, 0.6) is 0 Å². The second-order valence-electron chi connectivity index (χ2n) is 5.36. The van der Waals surface area contributed by atoms with E-state index in [1.54, 1.807) is 54.6 Å². The molecule has 124 valence electrons. The van der Waals surface area contributed by atoms with Crippen molar-refractivity contribution in [1.29, 1.82) is 0 Å². The maximum Gasteiger partial charge on any atom is 0.330 e. The molecule has 6 nitrogen and oxygen atoms in total. The highest BCUT2D eigenvalue weighted by Crippen LogP contribution is 2.14. The Hall–Kier alpha value is -3.15. The lowest BCUT2D eigenvalue weighted by Crippen LogP contribution is -2.44. The Morgan fingerprint density at radius 2 is 1.58 bits per heavy atom. The highest BCUT2D eigenvalue weighted by molar-refractivity contribution is 6.04. The number of nitrogens with one attached hydrogen (secondary N) is 1. The molecule has 6 heteroatoms. The molecule has 1 atom stereocenters. The number of aliphatic carboxylic acids is 1. The number of carboxylic acid groups (broad SMARTS) is 1. The fourth-order valence-electron chi connectivity index (χ4n) is 2.14. The first-order chi connectivity index (χ1) is 11.4. The number of rotatable bonds is 4. The van der Waals surface area contributed by atoms with E-state index < -0.39 is 23.9 Å². The number of carboxylic acids is 1. The molecule has 0 fully saturated rings. The van der Waals surface area contributed by atoms with Crippen molar-refractivity contribution in [1.82, 2.24) is 10.2 Å². The van der Waals surface area contributed by atoms with Crippen LogP contribution in [0.25, 0.3) is 0 Å². The highest BCUT2D eigenvalue weighted by atomic mass is 16.4. The Bertz CT molecular complexity index is 741. The zero-order valence-electron chi connectivity index (χ0n) is 13.4. The Balaban J connectivity index is 2.13. The van der Waals surface area contributed by atoms with Crippen molar-refractivity contribution in [3.63, 3.8) is 0 Å². The van der Waals surface area contributed by atoms with Crippen LogP contribution in [0.4, 0.5) is 4.79 Å². The molecule has 0 aromatic heterocycles. The van der Waals surface area contributed by atoms with Gasteiger partial charge in [0.05, 0.1) is 0 Å². The summed E-state index contributed by atoms with van der Waals surface area (Å²) in [5.41, 5.74) is 1.77. The molecule has 2 N–H and O–H groups in total. The summed E-state index contributed by atoms with van der Waals surface area (Å²) in [5, 5.41) is 11.7. The van der Waals surface area contributed by atoms with E-state index in [1.807, 2.05) is 6.92 Å². The number of hydrogen-bond acceptors (Lipinski definition) is 3. The smallest absolute Gasteiger partial charge is 0.330 e. The molecule has 3 amide bonds. The number of amides is 3. The summed E-state index contributed by atoms with van der Waals surface area (Å²) in [6.07, 6.45) is 0. The van der Waals surface area contributed by atoms with E-state index in [0.29, 0.717) is 11.1 Å². The number of carbonyl (C=O) groups is 3. The van der Waals surface area contributed by atoms with Crippen LogP contribution in [0.3, 0.4) is 0 Å². The minimum atomic E-state index is -1.23. The zero-order chi connectivity index (χ0) is 17.7. The molecule has 2 aromatic carbocycles. The van der Waals surface area contributed by atoms with E-state index in [1.165, 1.54) is 7.05 Å². The topological polar surface area (TPSA) is 86.7 Å². The van der Waals surface area contributed by atoms with E-state index in [9.17, 15) is 19.5 Å². The van der Waals surface area contributed by atoms with Gasteiger partial charge in [-0.3, -0.25) is 9.69 Å². The summed E-state index contributed by atoms with van der Waals surface area (Å²) in [4.78, 5) is 36.8. The molecule has 0 spiro atoms.